The lowest BCUT2D eigenvalue weighted by Gasteiger charge is -2.12. The van der Waals surface area contributed by atoms with Crippen molar-refractivity contribution >= 4 is 35.0 Å². The van der Waals surface area contributed by atoms with Crippen molar-refractivity contribution in [3.63, 3.8) is 0 Å². The summed E-state index contributed by atoms with van der Waals surface area (Å²) >= 11 is 7.27. The van der Waals surface area contributed by atoms with Gasteiger partial charge in [-0.05, 0) is 42.5 Å². The van der Waals surface area contributed by atoms with E-state index in [1.54, 1.807) is 42.6 Å². The van der Waals surface area contributed by atoms with Gasteiger partial charge in [-0.25, -0.2) is 9.37 Å². The van der Waals surface area contributed by atoms with Crippen molar-refractivity contribution in [1.29, 1.82) is 0 Å². The smallest absolute Gasteiger partial charge is 0.234 e. The highest BCUT2D eigenvalue weighted by Crippen LogP contribution is 2.30. The van der Waals surface area contributed by atoms with Crippen LogP contribution in [0.3, 0.4) is 0 Å². The summed E-state index contributed by atoms with van der Waals surface area (Å²) in [5.41, 5.74) is 3.25. The molecule has 0 aliphatic rings. The lowest BCUT2D eigenvalue weighted by atomic mass is 10.1. The molecule has 0 spiro atoms. The number of nitrogens with one attached hydrogen (secondary N) is 1. The third-order valence-corrected chi connectivity index (χ3v) is 5.51. The molecule has 0 fully saturated rings. The van der Waals surface area contributed by atoms with Gasteiger partial charge in [-0.15, -0.1) is 0 Å². The van der Waals surface area contributed by atoms with E-state index < -0.39 is 0 Å². The monoisotopic (exact) mass is 437 g/mol. The molecular formula is C23H17ClFN3OS. The van der Waals surface area contributed by atoms with Crippen molar-refractivity contribution in [1.82, 2.24) is 9.55 Å². The molecule has 7 heteroatoms. The van der Waals surface area contributed by atoms with Gasteiger partial charge in [0.1, 0.15) is 5.82 Å². The first-order valence-corrected chi connectivity index (χ1v) is 10.5. The van der Waals surface area contributed by atoms with Gasteiger partial charge < -0.3 is 5.32 Å². The van der Waals surface area contributed by atoms with Gasteiger partial charge in [0, 0.05) is 22.0 Å². The molecule has 0 aliphatic heterocycles. The van der Waals surface area contributed by atoms with Crippen molar-refractivity contribution in [3.8, 4) is 16.9 Å². The zero-order valence-electron chi connectivity index (χ0n) is 15.8. The van der Waals surface area contributed by atoms with Gasteiger partial charge in [-0.2, -0.15) is 0 Å². The molecule has 4 rings (SSSR count). The fourth-order valence-corrected chi connectivity index (χ4v) is 3.97. The molecule has 1 heterocycles. The van der Waals surface area contributed by atoms with Gasteiger partial charge in [0.05, 0.1) is 17.6 Å². The first-order valence-electron chi connectivity index (χ1n) is 9.17. The van der Waals surface area contributed by atoms with E-state index in [1.807, 2.05) is 34.9 Å². The van der Waals surface area contributed by atoms with Gasteiger partial charge in [0.2, 0.25) is 5.91 Å². The molecule has 30 heavy (non-hydrogen) atoms. The second-order valence-corrected chi connectivity index (χ2v) is 7.83. The summed E-state index contributed by atoms with van der Waals surface area (Å²) in [6.07, 6.45) is 1.76. The number of carbonyl (C=O) groups is 1. The predicted molar refractivity (Wildman–Crippen MR) is 120 cm³/mol. The van der Waals surface area contributed by atoms with Gasteiger partial charge in [-0.1, -0.05) is 59.8 Å². The van der Waals surface area contributed by atoms with Gasteiger partial charge in [0.25, 0.3) is 0 Å². The first-order chi connectivity index (χ1) is 14.6. The summed E-state index contributed by atoms with van der Waals surface area (Å²) < 4.78 is 15.4. The summed E-state index contributed by atoms with van der Waals surface area (Å²) in [7, 11) is 0. The quantitative estimate of drug-likeness (QED) is 0.373. The number of nitrogens with zero attached hydrogens (tertiary/aromatic N) is 2. The van der Waals surface area contributed by atoms with Crippen molar-refractivity contribution in [2.45, 2.75) is 5.16 Å². The number of hydrogen-bond donors (Lipinski definition) is 1. The number of amides is 1. The molecule has 0 bridgehead atoms. The summed E-state index contributed by atoms with van der Waals surface area (Å²) in [5, 5.41) is 4.02. The second kappa shape index (κ2) is 9.15. The summed E-state index contributed by atoms with van der Waals surface area (Å²) in [6.45, 7) is 0. The van der Waals surface area contributed by atoms with E-state index in [-0.39, 0.29) is 17.5 Å². The van der Waals surface area contributed by atoms with Crippen LogP contribution in [-0.4, -0.2) is 21.2 Å². The Morgan fingerprint density at radius 3 is 2.53 bits per heavy atom. The van der Waals surface area contributed by atoms with E-state index in [9.17, 15) is 9.18 Å². The molecule has 0 saturated carbocycles. The number of carbonyl (C=O) groups excluding carboxylic acids is 1. The largest absolute Gasteiger partial charge is 0.325 e. The topological polar surface area (TPSA) is 46.9 Å². The number of benzene rings is 3. The molecule has 0 radical (unpaired) electrons. The Hall–Kier alpha value is -3.09. The van der Waals surface area contributed by atoms with Crippen LogP contribution in [0.15, 0.2) is 90.2 Å². The molecule has 1 N–H and O–H groups in total. The Kier molecular flexibility index (Phi) is 6.16. The maximum atomic E-state index is 13.4. The molecule has 0 unspecified atom stereocenters. The standard InChI is InChI=1S/C23H17ClFN3OS/c24-17-7-4-8-19(13-17)27-22(29)15-30-23-26-14-21(16-5-2-1-3-6-16)28(23)20-11-9-18(25)10-12-20/h1-14H,15H2,(H,27,29). The van der Waals surface area contributed by atoms with Gasteiger partial charge in [0.15, 0.2) is 5.16 Å². The van der Waals surface area contributed by atoms with Gasteiger partial charge >= 0.3 is 0 Å². The Labute approximate surface area is 182 Å². The molecule has 0 saturated heterocycles. The van der Waals surface area contributed by atoms with Crippen LogP contribution in [-0.2, 0) is 4.79 Å². The highest BCUT2D eigenvalue weighted by molar-refractivity contribution is 7.99. The molecule has 150 valence electrons. The Morgan fingerprint density at radius 2 is 1.80 bits per heavy atom. The van der Waals surface area contributed by atoms with Crippen LogP contribution in [0.1, 0.15) is 0 Å². The minimum absolute atomic E-state index is 0.166. The van der Waals surface area contributed by atoms with E-state index in [0.29, 0.717) is 15.9 Å². The van der Waals surface area contributed by atoms with Crippen LogP contribution < -0.4 is 5.32 Å². The summed E-state index contributed by atoms with van der Waals surface area (Å²) in [4.78, 5) is 16.9. The molecule has 4 aromatic rings. The average Bonchev–Trinajstić information content (AvgIpc) is 3.17. The van der Waals surface area contributed by atoms with Gasteiger partial charge in [-0.3, -0.25) is 9.36 Å². The Morgan fingerprint density at radius 1 is 1.03 bits per heavy atom. The Bertz CT molecular complexity index is 1160. The van der Waals surface area contributed by atoms with E-state index in [2.05, 4.69) is 10.3 Å². The number of rotatable bonds is 6. The lowest BCUT2D eigenvalue weighted by molar-refractivity contribution is -0.113. The molecule has 3 aromatic carbocycles. The SMILES string of the molecule is O=C(CSc1ncc(-c2ccccc2)n1-c1ccc(F)cc1)Nc1cccc(Cl)c1. The Balaban J connectivity index is 1.59. The van der Waals surface area contributed by atoms with Crippen LogP contribution in [0.2, 0.25) is 5.02 Å². The third kappa shape index (κ3) is 4.72. The van der Waals surface area contributed by atoms with Crippen LogP contribution >= 0.6 is 23.4 Å². The fourth-order valence-electron chi connectivity index (χ4n) is 2.98. The molecule has 0 atom stereocenters. The maximum Gasteiger partial charge on any atom is 0.234 e. The lowest BCUT2D eigenvalue weighted by Crippen LogP contribution is -2.14. The molecule has 0 aliphatic carbocycles. The van der Waals surface area contributed by atoms with Crippen molar-refractivity contribution in [2.24, 2.45) is 0 Å². The molecule has 1 aromatic heterocycles. The number of thioether (sulfide) groups is 1. The van der Waals surface area contributed by atoms with Crippen molar-refractivity contribution in [2.75, 3.05) is 11.1 Å². The minimum atomic E-state index is -0.310. The second-order valence-electron chi connectivity index (χ2n) is 6.45. The van der Waals surface area contributed by atoms with Crippen LogP contribution in [0.5, 0.6) is 0 Å². The molecule has 1 amide bonds. The highest BCUT2D eigenvalue weighted by atomic mass is 35.5. The summed E-state index contributed by atoms with van der Waals surface area (Å²) in [5.74, 6) is -0.314. The number of anilines is 1. The minimum Gasteiger partial charge on any atom is -0.325 e. The van der Waals surface area contributed by atoms with Crippen molar-refractivity contribution < 1.29 is 9.18 Å². The number of aromatic nitrogens is 2. The van der Waals surface area contributed by atoms with E-state index in [0.717, 1.165) is 16.9 Å². The average molecular weight is 438 g/mol. The first kappa shape index (κ1) is 20.2. The van der Waals surface area contributed by atoms with E-state index >= 15 is 0 Å². The van der Waals surface area contributed by atoms with E-state index in [4.69, 9.17) is 11.6 Å². The van der Waals surface area contributed by atoms with Crippen LogP contribution in [0.25, 0.3) is 16.9 Å². The molecular weight excluding hydrogens is 421 g/mol. The fraction of sp³-hybridized carbons (Fsp3) is 0.0435. The normalized spacial score (nSPS) is 10.7. The maximum absolute atomic E-state index is 13.4. The van der Waals surface area contributed by atoms with Crippen LogP contribution in [0, 0.1) is 5.82 Å². The number of hydrogen-bond acceptors (Lipinski definition) is 3. The predicted octanol–water partition coefficient (Wildman–Crippen LogP) is 6.06. The van der Waals surface area contributed by atoms with E-state index in [1.165, 1.54) is 23.9 Å². The number of halogens is 2. The summed E-state index contributed by atoms with van der Waals surface area (Å²) in [6, 6.07) is 23.0. The zero-order valence-corrected chi connectivity index (χ0v) is 17.3. The third-order valence-electron chi connectivity index (χ3n) is 4.32. The molecule has 4 nitrogen and oxygen atoms in total. The zero-order chi connectivity index (χ0) is 20.9. The van der Waals surface area contributed by atoms with Crippen molar-refractivity contribution in [3.05, 3.63) is 95.9 Å². The number of imidazole rings is 1. The van der Waals surface area contributed by atoms with Crippen LogP contribution in [0.4, 0.5) is 10.1 Å². The highest BCUT2D eigenvalue weighted by Gasteiger charge is 2.15.